The third-order valence-corrected chi connectivity index (χ3v) is 2.61. The Morgan fingerprint density at radius 3 is 3.07 bits per heavy atom. The predicted molar refractivity (Wildman–Crippen MR) is 53.7 cm³/mol. The topological polar surface area (TPSA) is 64.1 Å². The van der Waals surface area contributed by atoms with Gasteiger partial charge in [0.2, 0.25) is 5.89 Å². The summed E-state index contributed by atoms with van der Waals surface area (Å²) in [6.07, 6.45) is 5.26. The lowest BCUT2D eigenvalue weighted by Crippen LogP contribution is -2.27. The fraction of sp³-hybridized carbons (Fsp3) is 0.700. The van der Waals surface area contributed by atoms with Crippen LogP contribution in [0, 0.1) is 0 Å². The molecule has 1 aromatic heterocycles. The minimum Gasteiger partial charge on any atom is -0.447 e. The minimum atomic E-state index is -0.0453. The Balaban J connectivity index is 2.07. The zero-order valence-electron chi connectivity index (χ0n) is 8.49. The van der Waals surface area contributed by atoms with Crippen LogP contribution >= 0.6 is 0 Å². The maximum Gasteiger partial charge on any atom is 0.211 e. The maximum absolute atomic E-state index is 5.71. The van der Waals surface area contributed by atoms with Crippen LogP contribution in [0.3, 0.4) is 0 Å². The molecule has 0 amide bonds. The van der Waals surface area contributed by atoms with Crippen LogP contribution < -0.4 is 11.1 Å². The molecule has 1 aliphatic rings. The zero-order chi connectivity index (χ0) is 9.97. The van der Waals surface area contributed by atoms with Gasteiger partial charge in [-0.25, -0.2) is 4.98 Å². The van der Waals surface area contributed by atoms with Crippen LogP contribution in [0.4, 0.5) is 0 Å². The molecule has 2 atom stereocenters. The van der Waals surface area contributed by atoms with Crippen molar-refractivity contribution in [3.8, 4) is 0 Å². The van der Waals surface area contributed by atoms with Crippen molar-refractivity contribution in [2.24, 2.45) is 5.73 Å². The molecule has 14 heavy (non-hydrogen) atoms. The third kappa shape index (κ3) is 1.96. The number of nitrogens with one attached hydrogen (secondary N) is 1. The summed E-state index contributed by atoms with van der Waals surface area (Å²) in [6.45, 7) is 2.97. The molecular weight excluding hydrogens is 178 g/mol. The van der Waals surface area contributed by atoms with Gasteiger partial charge in [0.1, 0.15) is 6.26 Å². The summed E-state index contributed by atoms with van der Waals surface area (Å²) in [5.74, 6) is 0.789. The first-order valence-corrected chi connectivity index (χ1v) is 5.21. The normalized spacial score (nSPS) is 24.9. The number of oxazole rings is 1. The van der Waals surface area contributed by atoms with E-state index in [9.17, 15) is 0 Å². The van der Waals surface area contributed by atoms with Crippen molar-refractivity contribution in [2.45, 2.75) is 38.3 Å². The monoisotopic (exact) mass is 195 g/mol. The quantitative estimate of drug-likeness (QED) is 0.750. The smallest absolute Gasteiger partial charge is 0.211 e. The first kappa shape index (κ1) is 9.68. The number of rotatable bonds is 2. The van der Waals surface area contributed by atoms with Crippen LogP contribution in [0.5, 0.6) is 0 Å². The summed E-state index contributed by atoms with van der Waals surface area (Å²) in [5, 5.41) is 3.39. The minimum absolute atomic E-state index is 0.0453. The van der Waals surface area contributed by atoms with E-state index in [2.05, 4.69) is 10.3 Å². The van der Waals surface area contributed by atoms with Crippen molar-refractivity contribution in [1.82, 2.24) is 10.3 Å². The third-order valence-electron chi connectivity index (χ3n) is 2.61. The van der Waals surface area contributed by atoms with Crippen LogP contribution in [0.1, 0.15) is 49.9 Å². The summed E-state index contributed by atoms with van der Waals surface area (Å²) >= 11 is 0. The van der Waals surface area contributed by atoms with Gasteiger partial charge in [0, 0.05) is 6.04 Å². The van der Waals surface area contributed by atoms with E-state index in [1.807, 2.05) is 6.92 Å². The summed E-state index contributed by atoms with van der Waals surface area (Å²) < 4.78 is 5.41. The fourth-order valence-electron chi connectivity index (χ4n) is 1.73. The van der Waals surface area contributed by atoms with E-state index >= 15 is 0 Å². The van der Waals surface area contributed by atoms with Crippen molar-refractivity contribution < 1.29 is 4.42 Å². The number of nitrogens with zero attached hydrogens (tertiary/aromatic N) is 1. The first-order valence-electron chi connectivity index (χ1n) is 5.21. The highest BCUT2D eigenvalue weighted by atomic mass is 16.3. The molecule has 1 saturated heterocycles. The van der Waals surface area contributed by atoms with Crippen molar-refractivity contribution in [3.05, 3.63) is 17.8 Å². The standard InChI is InChI=1S/C10H17N3O/c1-7(11)9-6-14-10(13-9)8-4-2-3-5-12-8/h6-8,12H,2-5,11H2,1H3. The van der Waals surface area contributed by atoms with Gasteiger partial charge in [0.15, 0.2) is 0 Å². The molecule has 0 spiro atoms. The van der Waals surface area contributed by atoms with E-state index in [1.54, 1.807) is 6.26 Å². The van der Waals surface area contributed by atoms with E-state index in [-0.39, 0.29) is 12.1 Å². The molecule has 1 fully saturated rings. The van der Waals surface area contributed by atoms with E-state index in [0.717, 1.165) is 24.6 Å². The second kappa shape index (κ2) is 4.11. The van der Waals surface area contributed by atoms with Crippen LogP contribution in [-0.2, 0) is 0 Å². The lowest BCUT2D eigenvalue weighted by molar-refractivity contribution is 0.338. The van der Waals surface area contributed by atoms with Crippen LogP contribution in [0.2, 0.25) is 0 Å². The molecule has 78 valence electrons. The molecule has 0 radical (unpaired) electrons. The Labute approximate surface area is 83.9 Å². The molecule has 2 heterocycles. The fourth-order valence-corrected chi connectivity index (χ4v) is 1.73. The van der Waals surface area contributed by atoms with Crippen molar-refractivity contribution in [2.75, 3.05) is 6.54 Å². The average Bonchev–Trinajstić information content (AvgIpc) is 2.68. The Morgan fingerprint density at radius 2 is 2.50 bits per heavy atom. The molecule has 0 saturated carbocycles. The number of nitrogens with two attached hydrogens (primary N) is 1. The molecular formula is C10H17N3O. The lowest BCUT2D eigenvalue weighted by Gasteiger charge is -2.20. The van der Waals surface area contributed by atoms with Gasteiger partial charge in [-0.1, -0.05) is 6.42 Å². The molecule has 1 aliphatic heterocycles. The molecule has 0 aromatic carbocycles. The highest BCUT2D eigenvalue weighted by Gasteiger charge is 2.20. The van der Waals surface area contributed by atoms with Crippen LogP contribution in [0.15, 0.2) is 10.7 Å². The van der Waals surface area contributed by atoms with Gasteiger partial charge in [-0.05, 0) is 26.3 Å². The molecule has 3 N–H and O–H groups in total. The Kier molecular flexibility index (Phi) is 2.84. The van der Waals surface area contributed by atoms with Gasteiger partial charge in [-0.3, -0.25) is 0 Å². The van der Waals surface area contributed by atoms with Crippen LogP contribution in [0.25, 0.3) is 0 Å². The van der Waals surface area contributed by atoms with E-state index in [4.69, 9.17) is 10.2 Å². The Hall–Kier alpha value is -0.870. The predicted octanol–water partition coefficient (Wildman–Crippen LogP) is 1.51. The molecule has 4 heteroatoms. The highest BCUT2D eigenvalue weighted by Crippen LogP contribution is 2.23. The Morgan fingerprint density at radius 1 is 1.64 bits per heavy atom. The van der Waals surface area contributed by atoms with Gasteiger partial charge in [0.25, 0.3) is 0 Å². The first-order chi connectivity index (χ1) is 6.77. The van der Waals surface area contributed by atoms with Gasteiger partial charge >= 0.3 is 0 Å². The second-order valence-electron chi connectivity index (χ2n) is 3.90. The molecule has 1 aromatic rings. The van der Waals surface area contributed by atoms with E-state index < -0.39 is 0 Å². The molecule has 4 nitrogen and oxygen atoms in total. The molecule has 0 aliphatic carbocycles. The second-order valence-corrected chi connectivity index (χ2v) is 3.90. The van der Waals surface area contributed by atoms with Gasteiger partial charge < -0.3 is 15.5 Å². The SMILES string of the molecule is CC(N)c1coc(C2CCCCN2)n1. The maximum atomic E-state index is 5.71. The lowest BCUT2D eigenvalue weighted by atomic mass is 10.1. The number of hydrogen-bond acceptors (Lipinski definition) is 4. The van der Waals surface area contributed by atoms with Crippen LogP contribution in [-0.4, -0.2) is 11.5 Å². The van der Waals surface area contributed by atoms with E-state index in [0.29, 0.717) is 0 Å². The Bertz CT molecular complexity index is 289. The largest absolute Gasteiger partial charge is 0.447 e. The summed E-state index contributed by atoms with van der Waals surface area (Å²) in [7, 11) is 0. The highest BCUT2D eigenvalue weighted by molar-refractivity contribution is 5.04. The summed E-state index contributed by atoms with van der Waals surface area (Å²) in [6, 6.07) is 0.243. The zero-order valence-corrected chi connectivity index (χ0v) is 8.49. The number of hydrogen-bond donors (Lipinski definition) is 2. The van der Waals surface area contributed by atoms with Gasteiger partial charge in [-0.15, -0.1) is 0 Å². The average molecular weight is 195 g/mol. The number of piperidine rings is 1. The van der Waals surface area contributed by atoms with Crippen molar-refractivity contribution in [3.63, 3.8) is 0 Å². The van der Waals surface area contributed by atoms with Gasteiger partial charge in [0.05, 0.1) is 11.7 Å². The number of aromatic nitrogens is 1. The van der Waals surface area contributed by atoms with Crippen molar-refractivity contribution >= 4 is 0 Å². The van der Waals surface area contributed by atoms with Gasteiger partial charge in [-0.2, -0.15) is 0 Å². The van der Waals surface area contributed by atoms with Crippen molar-refractivity contribution in [1.29, 1.82) is 0 Å². The molecule has 0 bridgehead atoms. The molecule has 2 rings (SSSR count). The summed E-state index contributed by atoms with van der Waals surface area (Å²) in [4.78, 5) is 4.38. The molecule has 2 unspecified atom stereocenters. The summed E-state index contributed by atoms with van der Waals surface area (Å²) in [5.41, 5.74) is 6.55. The van der Waals surface area contributed by atoms with E-state index in [1.165, 1.54) is 12.8 Å².